The first-order valence-corrected chi connectivity index (χ1v) is 7.77. The molecule has 2 aliphatic rings. The fourth-order valence-electron chi connectivity index (χ4n) is 3.31. The molecule has 0 amide bonds. The van der Waals surface area contributed by atoms with Gasteiger partial charge in [-0.3, -0.25) is 0 Å². The van der Waals surface area contributed by atoms with Gasteiger partial charge in [-0.05, 0) is 54.2 Å². The van der Waals surface area contributed by atoms with Crippen LogP contribution in [0.25, 0.3) is 0 Å². The molecule has 19 heavy (non-hydrogen) atoms. The average molecular weight is 258 g/mol. The topological polar surface area (TPSA) is 24.1 Å². The quantitative estimate of drug-likeness (QED) is 0.843. The standard InChI is InChI=1S/C17H26N2/c1-13(2)17(8-9-17)12-18-11-14-5-3-7-16-15(14)6-4-10-19-16/h3,5,7,13,18-19H,4,6,8-12H2,1-2H3. The van der Waals surface area contributed by atoms with Crippen LogP contribution in [0.3, 0.4) is 0 Å². The number of hydrogen-bond acceptors (Lipinski definition) is 2. The predicted molar refractivity (Wildman–Crippen MR) is 81.5 cm³/mol. The van der Waals surface area contributed by atoms with Crippen LogP contribution in [0.15, 0.2) is 18.2 Å². The van der Waals surface area contributed by atoms with Crippen molar-refractivity contribution in [3.63, 3.8) is 0 Å². The number of nitrogens with one attached hydrogen (secondary N) is 2. The maximum Gasteiger partial charge on any atom is 0.0375 e. The lowest BCUT2D eigenvalue weighted by Gasteiger charge is -2.23. The fourth-order valence-corrected chi connectivity index (χ4v) is 3.31. The van der Waals surface area contributed by atoms with Crippen LogP contribution in [0.4, 0.5) is 5.69 Å². The van der Waals surface area contributed by atoms with E-state index in [1.54, 1.807) is 0 Å². The molecule has 1 aromatic carbocycles. The van der Waals surface area contributed by atoms with Gasteiger partial charge in [0, 0.05) is 25.3 Å². The van der Waals surface area contributed by atoms with Crippen molar-refractivity contribution < 1.29 is 0 Å². The second-order valence-corrected chi connectivity index (χ2v) is 6.59. The zero-order valence-electron chi connectivity index (χ0n) is 12.3. The third-order valence-corrected chi connectivity index (χ3v) is 5.10. The maximum atomic E-state index is 3.71. The molecule has 0 saturated heterocycles. The molecule has 2 heteroatoms. The summed E-state index contributed by atoms with van der Waals surface area (Å²) in [5.41, 5.74) is 4.99. The van der Waals surface area contributed by atoms with E-state index < -0.39 is 0 Å². The highest BCUT2D eigenvalue weighted by Crippen LogP contribution is 2.51. The van der Waals surface area contributed by atoms with Crippen molar-refractivity contribution in [2.75, 3.05) is 18.4 Å². The summed E-state index contributed by atoms with van der Waals surface area (Å²) in [4.78, 5) is 0. The van der Waals surface area contributed by atoms with Crippen LogP contribution in [0, 0.1) is 11.3 Å². The van der Waals surface area contributed by atoms with Crippen molar-refractivity contribution in [1.82, 2.24) is 5.32 Å². The van der Waals surface area contributed by atoms with Crippen molar-refractivity contribution in [3.8, 4) is 0 Å². The van der Waals surface area contributed by atoms with Crippen LogP contribution in [0.5, 0.6) is 0 Å². The molecule has 104 valence electrons. The van der Waals surface area contributed by atoms with Crippen molar-refractivity contribution in [2.24, 2.45) is 11.3 Å². The molecule has 0 radical (unpaired) electrons. The fraction of sp³-hybridized carbons (Fsp3) is 0.647. The summed E-state index contributed by atoms with van der Waals surface area (Å²) >= 11 is 0. The largest absolute Gasteiger partial charge is 0.385 e. The lowest BCUT2D eigenvalue weighted by Crippen LogP contribution is -2.28. The Balaban J connectivity index is 1.61. The Bertz CT molecular complexity index is 447. The normalized spacial score (nSPS) is 19.9. The Morgan fingerprint density at radius 1 is 1.32 bits per heavy atom. The molecule has 0 unspecified atom stereocenters. The molecule has 1 aromatic rings. The molecule has 0 aromatic heterocycles. The Labute approximate surface area is 117 Å². The van der Waals surface area contributed by atoms with Gasteiger partial charge in [0.2, 0.25) is 0 Å². The van der Waals surface area contributed by atoms with Gasteiger partial charge in [-0.15, -0.1) is 0 Å². The van der Waals surface area contributed by atoms with E-state index in [1.165, 1.54) is 49.0 Å². The average Bonchev–Trinajstić information content (AvgIpc) is 3.20. The first-order valence-electron chi connectivity index (χ1n) is 7.77. The molecule has 1 aliphatic carbocycles. The number of rotatable bonds is 5. The van der Waals surface area contributed by atoms with Crippen molar-refractivity contribution in [2.45, 2.75) is 46.1 Å². The molecule has 2 N–H and O–H groups in total. The third kappa shape index (κ3) is 2.64. The van der Waals surface area contributed by atoms with E-state index in [0.29, 0.717) is 5.41 Å². The van der Waals surface area contributed by atoms with E-state index in [0.717, 1.165) is 19.0 Å². The summed E-state index contributed by atoms with van der Waals surface area (Å²) in [6.45, 7) is 8.06. The van der Waals surface area contributed by atoms with Gasteiger partial charge in [-0.25, -0.2) is 0 Å². The van der Waals surface area contributed by atoms with Crippen molar-refractivity contribution >= 4 is 5.69 Å². The molecule has 0 atom stereocenters. The summed E-state index contributed by atoms with van der Waals surface area (Å²) in [5, 5.41) is 7.22. The Morgan fingerprint density at radius 3 is 2.89 bits per heavy atom. The molecule has 3 rings (SSSR count). The SMILES string of the molecule is CC(C)C1(CNCc2cccc3c2CCCN3)CC1. The molecular formula is C17H26N2. The van der Waals surface area contributed by atoms with E-state index >= 15 is 0 Å². The van der Waals surface area contributed by atoms with Gasteiger partial charge in [0.15, 0.2) is 0 Å². The second-order valence-electron chi connectivity index (χ2n) is 6.59. The molecule has 1 saturated carbocycles. The van der Waals surface area contributed by atoms with Gasteiger partial charge in [-0.2, -0.15) is 0 Å². The van der Waals surface area contributed by atoms with E-state index in [2.05, 4.69) is 42.7 Å². The van der Waals surface area contributed by atoms with Crippen LogP contribution >= 0.6 is 0 Å². The summed E-state index contributed by atoms with van der Waals surface area (Å²) in [6, 6.07) is 6.69. The monoisotopic (exact) mass is 258 g/mol. The minimum Gasteiger partial charge on any atom is -0.385 e. The summed E-state index contributed by atoms with van der Waals surface area (Å²) < 4.78 is 0. The predicted octanol–water partition coefficient (Wildman–Crippen LogP) is 3.57. The zero-order valence-corrected chi connectivity index (χ0v) is 12.3. The smallest absolute Gasteiger partial charge is 0.0375 e. The van der Waals surface area contributed by atoms with Gasteiger partial charge in [-0.1, -0.05) is 26.0 Å². The Kier molecular flexibility index (Phi) is 3.53. The molecule has 0 bridgehead atoms. The lowest BCUT2D eigenvalue weighted by molar-refractivity contribution is 0.337. The van der Waals surface area contributed by atoms with E-state index in [1.807, 2.05) is 0 Å². The molecule has 0 spiro atoms. The van der Waals surface area contributed by atoms with Gasteiger partial charge in [0.05, 0.1) is 0 Å². The van der Waals surface area contributed by atoms with Crippen molar-refractivity contribution in [3.05, 3.63) is 29.3 Å². The highest BCUT2D eigenvalue weighted by atomic mass is 14.9. The Morgan fingerprint density at radius 2 is 2.16 bits per heavy atom. The number of benzene rings is 1. The van der Waals surface area contributed by atoms with Gasteiger partial charge < -0.3 is 10.6 Å². The van der Waals surface area contributed by atoms with Crippen LogP contribution in [-0.2, 0) is 13.0 Å². The highest BCUT2D eigenvalue weighted by molar-refractivity contribution is 5.56. The van der Waals surface area contributed by atoms with Crippen molar-refractivity contribution in [1.29, 1.82) is 0 Å². The number of hydrogen-bond donors (Lipinski definition) is 2. The van der Waals surface area contributed by atoms with Crippen LogP contribution in [0.1, 0.15) is 44.2 Å². The van der Waals surface area contributed by atoms with E-state index in [9.17, 15) is 0 Å². The molecule has 1 heterocycles. The third-order valence-electron chi connectivity index (χ3n) is 5.10. The van der Waals surface area contributed by atoms with Crippen LogP contribution in [0.2, 0.25) is 0 Å². The van der Waals surface area contributed by atoms with Crippen LogP contribution < -0.4 is 10.6 Å². The summed E-state index contributed by atoms with van der Waals surface area (Å²) in [5.74, 6) is 0.811. The molecule has 1 fully saturated rings. The summed E-state index contributed by atoms with van der Waals surface area (Å²) in [7, 11) is 0. The summed E-state index contributed by atoms with van der Waals surface area (Å²) in [6.07, 6.45) is 5.31. The van der Waals surface area contributed by atoms with Crippen LogP contribution in [-0.4, -0.2) is 13.1 Å². The zero-order chi connectivity index (χ0) is 13.3. The van der Waals surface area contributed by atoms with E-state index in [4.69, 9.17) is 0 Å². The first-order chi connectivity index (χ1) is 9.21. The number of fused-ring (bicyclic) bond motifs is 1. The van der Waals surface area contributed by atoms with Gasteiger partial charge in [0.25, 0.3) is 0 Å². The highest BCUT2D eigenvalue weighted by Gasteiger charge is 2.44. The number of anilines is 1. The minimum absolute atomic E-state index is 0.604. The maximum absolute atomic E-state index is 3.71. The van der Waals surface area contributed by atoms with E-state index in [-0.39, 0.29) is 0 Å². The second kappa shape index (κ2) is 5.16. The Hall–Kier alpha value is -1.02. The minimum atomic E-state index is 0.604. The first kappa shape index (κ1) is 13.0. The van der Waals surface area contributed by atoms with Gasteiger partial charge in [0.1, 0.15) is 0 Å². The molecule has 2 nitrogen and oxygen atoms in total. The lowest BCUT2D eigenvalue weighted by atomic mass is 9.92. The molecule has 1 aliphatic heterocycles. The molecular weight excluding hydrogens is 232 g/mol. The van der Waals surface area contributed by atoms with Gasteiger partial charge >= 0.3 is 0 Å².